The van der Waals surface area contributed by atoms with Gasteiger partial charge in [0.05, 0.1) is 28.6 Å². The van der Waals surface area contributed by atoms with E-state index in [2.05, 4.69) is 25.3 Å². The number of carbonyl (C=O) groups is 2. The second-order valence-corrected chi connectivity index (χ2v) is 10.4. The molecule has 38 heavy (non-hydrogen) atoms. The number of phenolic OH excluding ortho intramolecular Hbond substituents is 1. The lowest BCUT2D eigenvalue weighted by Gasteiger charge is -2.49. The van der Waals surface area contributed by atoms with Crippen molar-refractivity contribution in [1.82, 2.24) is 25.1 Å². The minimum Gasteiger partial charge on any atom is -0.507 e. The number of nitrogens with zero attached hydrogens (tertiary/aromatic N) is 6. The average molecular weight is 512 g/mol. The highest BCUT2D eigenvalue weighted by Gasteiger charge is 2.42. The molecule has 2 fully saturated rings. The van der Waals surface area contributed by atoms with Crippen LogP contribution in [0.1, 0.15) is 33.6 Å². The van der Waals surface area contributed by atoms with Gasteiger partial charge in [-0.15, -0.1) is 10.2 Å². The molecule has 2 amide bonds. The number of hydrogen-bond acceptors (Lipinski definition) is 9. The second kappa shape index (κ2) is 9.07. The van der Waals surface area contributed by atoms with E-state index in [9.17, 15) is 14.7 Å². The molecule has 0 bridgehead atoms. The van der Waals surface area contributed by atoms with E-state index in [4.69, 9.17) is 0 Å². The number of aromatic nitrogens is 2. The first-order chi connectivity index (χ1) is 18.6. The molecule has 0 unspecified atom stereocenters. The maximum absolute atomic E-state index is 12.9. The molecule has 4 aliphatic rings. The minimum atomic E-state index is -0.212. The quantitative estimate of drug-likeness (QED) is 0.513. The number of benzene rings is 2. The minimum absolute atomic E-state index is 0.194. The lowest BCUT2D eigenvalue weighted by Crippen LogP contribution is -2.61. The van der Waals surface area contributed by atoms with Crippen LogP contribution in [0.25, 0.3) is 11.3 Å². The Labute approximate surface area is 220 Å². The van der Waals surface area contributed by atoms with Gasteiger partial charge in [0.2, 0.25) is 0 Å². The fourth-order valence-electron chi connectivity index (χ4n) is 6.32. The smallest absolute Gasteiger partial charge is 0.276 e. The van der Waals surface area contributed by atoms with E-state index < -0.39 is 0 Å². The van der Waals surface area contributed by atoms with Crippen molar-refractivity contribution in [1.29, 1.82) is 0 Å². The Bertz CT molecular complexity index is 1390. The highest BCUT2D eigenvalue weighted by Crippen LogP contribution is 2.37. The van der Waals surface area contributed by atoms with Crippen molar-refractivity contribution < 1.29 is 14.7 Å². The van der Waals surface area contributed by atoms with Crippen molar-refractivity contribution in [2.24, 2.45) is 0 Å². The van der Waals surface area contributed by atoms with Crippen molar-refractivity contribution in [3.05, 3.63) is 65.7 Å². The number of piperidine rings is 1. The molecule has 1 atom stereocenters. The van der Waals surface area contributed by atoms with Gasteiger partial charge in [-0.2, -0.15) is 0 Å². The number of phenols is 1. The number of piperazine rings is 1. The summed E-state index contributed by atoms with van der Waals surface area (Å²) >= 11 is 0. The van der Waals surface area contributed by atoms with Gasteiger partial charge in [-0.1, -0.05) is 24.3 Å². The molecule has 0 aliphatic carbocycles. The molecule has 10 heteroatoms. The van der Waals surface area contributed by atoms with Crippen molar-refractivity contribution in [3.8, 4) is 17.0 Å². The number of rotatable bonds is 3. The number of amides is 2. The van der Waals surface area contributed by atoms with E-state index in [0.29, 0.717) is 47.6 Å². The topological polar surface area (TPSA) is 105 Å². The number of anilines is 2. The van der Waals surface area contributed by atoms with Crippen LogP contribution in [0.2, 0.25) is 0 Å². The van der Waals surface area contributed by atoms with E-state index >= 15 is 0 Å². The molecule has 1 aromatic heterocycles. The van der Waals surface area contributed by atoms with Crippen LogP contribution >= 0.6 is 0 Å². The molecule has 0 spiro atoms. The molecule has 7 rings (SSSR count). The van der Waals surface area contributed by atoms with Crippen LogP contribution in [0.3, 0.4) is 0 Å². The summed E-state index contributed by atoms with van der Waals surface area (Å²) in [5.74, 6) is 0.550. The second-order valence-electron chi connectivity index (χ2n) is 10.4. The Kier molecular flexibility index (Phi) is 5.52. The Balaban J connectivity index is 1.02. The zero-order valence-electron chi connectivity index (χ0n) is 21.0. The fourth-order valence-corrected chi connectivity index (χ4v) is 6.32. The van der Waals surface area contributed by atoms with Gasteiger partial charge >= 0.3 is 0 Å². The third-order valence-corrected chi connectivity index (χ3v) is 8.30. The van der Waals surface area contributed by atoms with Gasteiger partial charge in [0.25, 0.3) is 11.8 Å². The van der Waals surface area contributed by atoms with E-state index in [1.54, 1.807) is 36.4 Å². The van der Waals surface area contributed by atoms with E-state index in [-0.39, 0.29) is 17.6 Å². The molecule has 10 nitrogen and oxygen atoms in total. The van der Waals surface area contributed by atoms with E-state index in [0.717, 1.165) is 50.5 Å². The van der Waals surface area contributed by atoms with Crippen LogP contribution in [0.15, 0.2) is 54.6 Å². The molecule has 194 valence electrons. The van der Waals surface area contributed by atoms with Gasteiger partial charge in [0.15, 0.2) is 5.82 Å². The highest BCUT2D eigenvalue weighted by atomic mass is 16.3. The third kappa shape index (κ3) is 3.71. The SMILES string of the molecule is O=C1c2ccccc2C(=O)N1N1CCC(N2CCN3c4cc(-c5ccccc5O)nnc4NC[C@H]3C2)CC1. The van der Waals surface area contributed by atoms with Crippen LogP contribution in [0.4, 0.5) is 11.5 Å². The molecule has 2 aromatic carbocycles. The van der Waals surface area contributed by atoms with Crippen LogP contribution < -0.4 is 10.2 Å². The van der Waals surface area contributed by atoms with Gasteiger partial charge in [-0.05, 0) is 43.2 Å². The standard InChI is InChI=1S/C28H29N7O3/c36-25-8-4-3-7-22(25)23-15-24-26(31-30-23)29-16-19-17-32(13-14-34(19)24)18-9-11-33(12-10-18)35-27(37)20-5-1-2-6-21(20)28(35)38/h1-8,15,18-19,36H,9-14,16-17H2,(H,29,31)/t19-/m0/s1. The third-order valence-electron chi connectivity index (χ3n) is 8.30. The molecule has 2 saturated heterocycles. The summed E-state index contributed by atoms with van der Waals surface area (Å²) in [5.41, 5.74) is 3.35. The Hall–Kier alpha value is -4.02. The summed E-state index contributed by atoms with van der Waals surface area (Å²) in [6, 6.07) is 17.0. The van der Waals surface area contributed by atoms with Gasteiger partial charge in [-0.25, -0.2) is 10.0 Å². The van der Waals surface area contributed by atoms with Crippen molar-refractivity contribution in [2.45, 2.75) is 24.9 Å². The molecular weight excluding hydrogens is 482 g/mol. The number of para-hydroxylation sites is 1. The maximum atomic E-state index is 12.9. The van der Waals surface area contributed by atoms with E-state index in [1.165, 1.54) is 5.01 Å². The number of fused-ring (bicyclic) bond motifs is 4. The Morgan fingerprint density at radius 3 is 2.21 bits per heavy atom. The lowest BCUT2D eigenvalue weighted by atomic mass is 10.00. The summed E-state index contributed by atoms with van der Waals surface area (Å²) in [7, 11) is 0. The van der Waals surface area contributed by atoms with Gasteiger partial charge < -0.3 is 15.3 Å². The molecule has 2 N–H and O–H groups in total. The van der Waals surface area contributed by atoms with Crippen LogP contribution in [0, 0.1) is 0 Å². The number of hydrazine groups is 1. The first kappa shape index (κ1) is 23.1. The average Bonchev–Trinajstić information content (AvgIpc) is 3.22. The first-order valence-electron chi connectivity index (χ1n) is 13.2. The normalized spacial score (nSPS) is 22.2. The molecule has 4 aliphatic heterocycles. The van der Waals surface area contributed by atoms with E-state index in [1.807, 2.05) is 23.2 Å². The van der Waals surface area contributed by atoms with Gasteiger partial charge in [0, 0.05) is 50.9 Å². The molecule has 0 radical (unpaired) electrons. The number of hydrogen-bond donors (Lipinski definition) is 2. The molecule has 5 heterocycles. The van der Waals surface area contributed by atoms with Crippen molar-refractivity contribution in [3.63, 3.8) is 0 Å². The monoisotopic (exact) mass is 511 g/mol. The first-order valence-corrected chi connectivity index (χ1v) is 13.2. The number of imide groups is 1. The summed E-state index contributed by atoms with van der Waals surface area (Å²) < 4.78 is 0. The summed E-state index contributed by atoms with van der Waals surface area (Å²) in [6.45, 7) is 4.90. The zero-order valence-corrected chi connectivity index (χ0v) is 21.0. The van der Waals surface area contributed by atoms with Crippen molar-refractivity contribution >= 4 is 23.3 Å². The number of nitrogens with one attached hydrogen (secondary N) is 1. The summed E-state index contributed by atoms with van der Waals surface area (Å²) in [4.78, 5) is 30.8. The fraction of sp³-hybridized carbons (Fsp3) is 0.357. The summed E-state index contributed by atoms with van der Waals surface area (Å²) in [6.07, 6.45) is 1.82. The predicted molar refractivity (Wildman–Crippen MR) is 142 cm³/mol. The number of aromatic hydroxyl groups is 1. The molecule has 3 aromatic rings. The zero-order chi connectivity index (χ0) is 25.8. The number of carbonyl (C=O) groups excluding carboxylic acids is 2. The molecule has 0 saturated carbocycles. The maximum Gasteiger partial charge on any atom is 0.276 e. The Morgan fingerprint density at radius 2 is 1.50 bits per heavy atom. The lowest BCUT2D eigenvalue weighted by molar-refractivity contribution is -0.0222. The molecular formula is C28H29N7O3. The largest absolute Gasteiger partial charge is 0.507 e. The van der Waals surface area contributed by atoms with Crippen molar-refractivity contribution in [2.75, 3.05) is 49.5 Å². The van der Waals surface area contributed by atoms with Crippen LogP contribution in [-0.4, -0.2) is 93.4 Å². The van der Waals surface area contributed by atoms with Gasteiger partial charge in [-0.3, -0.25) is 14.5 Å². The predicted octanol–water partition coefficient (Wildman–Crippen LogP) is 2.44. The van der Waals surface area contributed by atoms with Gasteiger partial charge in [0.1, 0.15) is 5.75 Å². The summed E-state index contributed by atoms with van der Waals surface area (Å²) in [5, 5.41) is 25.8. The van der Waals surface area contributed by atoms with Crippen LogP contribution in [0.5, 0.6) is 5.75 Å². The Morgan fingerprint density at radius 1 is 0.816 bits per heavy atom. The van der Waals surface area contributed by atoms with Crippen LogP contribution in [-0.2, 0) is 0 Å². The highest BCUT2D eigenvalue weighted by molar-refractivity contribution is 6.20.